The first-order chi connectivity index (χ1) is 12.7. The van der Waals surface area contributed by atoms with Crippen molar-refractivity contribution in [3.8, 4) is 11.4 Å². The minimum atomic E-state index is -3.79. The predicted octanol–water partition coefficient (Wildman–Crippen LogP) is 3.58. The van der Waals surface area contributed by atoms with Crippen LogP contribution in [0.5, 0.6) is 0 Å². The quantitative estimate of drug-likeness (QED) is 0.641. The summed E-state index contributed by atoms with van der Waals surface area (Å²) >= 11 is 12.8. The minimum absolute atomic E-state index is 0.00984. The van der Waals surface area contributed by atoms with Crippen LogP contribution in [0.2, 0.25) is 0 Å². The fourth-order valence-corrected chi connectivity index (χ4v) is 4.35. The summed E-state index contributed by atoms with van der Waals surface area (Å²) in [6.07, 6.45) is 0. The fraction of sp³-hybridized carbons (Fsp3) is 0.176. The summed E-state index contributed by atoms with van der Waals surface area (Å²) < 4.78 is 40.2. The van der Waals surface area contributed by atoms with Gasteiger partial charge < -0.3 is 4.52 Å². The van der Waals surface area contributed by atoms with E-state index in [1.54, 1.807) is 24.3 Å². The number of hydrogen-bond donors (Lipinski definition) is 1. The standard InChI is InChI=1S/C17H12Cl2FN3O3S/c18-17(19)13(9-4-6-12(7-5-9)27(21,24)25)14(17)16-22-15(23-26-16)10-2-1-3-11(20)8-10/h1-8,13-14H,(H2,21,24,25)/t13-,14+/m1/s1. The Kier molecular flexibility index (Phi) is 4.27. The molecule has 27 heavy (non-hydrogen) atoms. The topological polar surface area (TPSA) is 99.1 Å². The molecule has 3 aromatic rings. The maximum atomic E-state index is 13.4. The van der Waals surface area contributed by atoms with Crippen molar-refractivity contribution in [1.82, 2.24) is 10.1 Å². The highest BCUT2D eigenvalue weighted by atomic mass is 35.5. The number of sulfonamides is 1. The van der Waals surface area contributed by atoms with Crippen LogP contribution in [0.25, 0.3) is 11.4 Å². The molecule has 2 atom stereocenters. The molecule has 1 aliphatic rings. The summed E-state index contributed by atoms with van der Waals surface area (Å²) in [4.78, 5) is 4.27. The molecule has 6 nitrogen and oxygen atoms in total. The van der Waals surface area contributed by atoms with Crippen molar-refractivity contribution in [2.75, 3.05) is 0 Å². The van der Waals surface area contributed by atoms with Gasteiger partial charge in [-0.15, -0.1) is 23.2 Å². The number of hydrogen-bond acceptors (Lipinski definition) is 5. The molecular weight excluding hydrogens is 416 g/mol. The van der Waals surface area contributed by atoms with Gasteiger partial charge in [-0.25, -0.2) is 17.9 Å². The molecule has 0 spiro atoms. The van der Waals surface area contributed by atoms with E-state index in [2.05, 4.69) is 10.1 Å². The van der Waals surface area contributed by atoms with Crippen LogP contribution in [0, 0.1) is 5.82 Å². The molecule has 1 heterocycles. The van der Waals surface area contributed by atoms with Gasteiger partial charge in [0.1, 0.15) is 10.2 Å². The number of alkyl halides is 2. The number of halogens is 3. The second-order valence-electron chi connectivity index (χ2n) is 6.21. The van der Waals surface area contributed by atoms with Gasteiger partial charge in [0.2, 0.25) is 21.7 Å². The molecule has 0 amide bonds. The van der Waals surface area contributed by atoms with Crippen LogP contribution in [0.15, 0.2) is 57.9 Å². The van der Waals surface area contributed by atoms with Crippen LogP contribution in [0.3, 0.4) is 0 Å². The molecular formula is C17H12Cl2FN3O3S. The molecule has 0 radical (unpaired) electrons. The van der Waals surface area contributed by atoms with E-state index in [9.17, 15) is 12.8 Å². The van der Waals surface area contributed by atoms with Crippen LogP contribution >= 0.6 is 23.2 Å². The van der Waals surface area contributed by atoms with Gasteiger partial charge in [-0.1, -0.05) is 29.4 Å². The van der Waals surface area contributed by atoms with Gasteiger partial charge >= 0.3 is 0 Å². The van der Waals surface area contributed by atoms with Crippen LogP contribution in [0.1, 0.15) is 23.3 Å². The Balaban J connectivity index is 1.62. The van der Waals surface area contributed by atoms with Crippen LogP contribution < -0.4 is 5.14 Å². The average molecular weight is 428 g/mol. The molecule has 140 valence electrons. The van der Waals surface area contributed by atoms with Gasteiger partial charge in [0.25, 0.3) is 0 Å². The zero-order valence-electron chi connectivity index (χ0n) is 13.5. The lowest BCUT2D eigenvalue weighted by Crippen LogP contribution is -2.11. The summed E-state index contributed by atoms with van der Waals surface area (Å²) in [6.45, 7) is 0. The summed E-state index contributed by atoms with van der Waals surface area (Å²) in [5, 5.41) is 8.96. The van der Waals surface area contributed by atoms with Crippen molar-refractivity contribution in [3.05, 3.63) is 65.8 Å². The lowest BCUT2D eigenvalue weighted by molar-refractivity contribution is 0.378. The van der Waals surface area contributed by atoms with Gasteiger partial charge in [-0.2, -0.15) is 4.98 Å². The zero-order valence-corrected chi connectivity index (χ0v) is 15.8. The Morgan fingerprint density at radius 2 is 1.81 bits per heavy atom. The first-order valence-corrected chi connectivity index (χ1v) is 10.1. The van der Waals surface area contributed by atoms with E-state index < -0.39 is 26.1 Å². The van der Waals surface area contributed by atoms with Crippen molar-refractivity contribution in [2.24, 2.45) is 5.14 Å². The molecule has 4 rings (SSSR count). The molecule has 2 N–H and O–H groups in total. The largest absolute Gasteiger partial charge is 0.339 e. The Hall–Kier alpha value is -2.00. The number of nitrogens with zero attached hydrogens (tertiary/aromatic N) is 2. The van der Waals surface area contributed by atoms with Gasteiger partial charge in [0.05, 0.1) is 10.8 Å². The van der Waals surface area contributed by atoms with Crippen LogP contribution in [-0.2, 0) is 10.0 Å². The zero-order chi connectivity index (χ0) is 19.4. The Morgan fingerprint density at radius 1 is 1.11 bits per heavy atom. The first kappa shape index (κ1) is 18.4. The average Bonchev–Trinajstić information content (AvgIpc) is 2.94. The van der Waals surface area contributed by atoms with Crippen LogP contribution in [0.4, 0.5) is 4.39 Å². The molecule has 10 heteroatoms. The molecule has 0 saturated heterocycles. The monoisotopic (exact) mass is 427 g/mol. The molecule has 1 aliphatic carbocycles. The van der Waals surface area contributed by atoms with E-state index in [1.165, 1.54) is 24.3 Å². The van der Waals surface area contributed by atoms with E-state index in [1.807, 2.05) is 0 Å². The lowest BCUT2D eigenvalue weighted by atomic mass is 10.1. The number of rotatable bonds is 4. The van der Waals surface area contributed by atoms with E-state index in [0.29, 0.717) is 11.1 Å². The highest BCUT2D eigenvalue weighted by Gasteiger charge is 2.67. The third kappa shape index (κ3) is 3.34. The molecule has 0 unspecified atom stereocenters. The van der Waals surface area contributed by atoms with Crippen LogP contribution in [-0.4, -0.2) is 22.9 Å². The lowest BCUT2D eigenvalue weighted by Gasteiger charge is -2.02. The molecule has 1 saturated carbocycles. The summed E-state index contributed by atoms with van der Waals surface area (Å²) in [6, 6.07) is 11.8. The predicted molar refractivity (Wildman–Crippen MR) is 97.4 cm³/mol. The van der Waals surface area contributed by atoms with Crippen molar-refractivity contribution in [3.63, 3.8) is 0 Å². The highest BCUT2D eigenvalue weighted by molar-refractivity contribution is 7.89. The number of primary sulfonamides is 1. The Morgan fingerprint density at radius 3 is 2.44 bits per heavy atom. The summed E-state index contributed by atoms with van der Waals surface area (Å²) in [7, 11) is -3.79. The molecule has 1 aromatic heterocycles. The third-order valence-corrected chi connectivity index (χ3v) is 6.28. The summed E-state index contributed by atoms with van der Waals surface area (Å²) in [5.41, 5.74) is 1.18. The highest BCUT2D eigenvalue weighted by Crippen LogP contribution is 2.69. The van der Waals surface area contributed by atoms with Crippen molar-refractivity contribution in [1.29, 1.82) is 0 Å². The van der Waals surface area contributed by atoms with Crippen molar-refractivity contribution < 1.29 is 17.3 Å². The van der Waals surface area contributed by atoms with Gasteiger partial charge in [0, 0.05) is 11.5 Å². The van der Waals surface area contributed by atoms with Gasteiger partial charge in [-0.05, 0) is 29.8 Å². The van der Waals surface area contributed by atoms with E-state index >= 15 is 0 Å². The summed E-state index contributed by atoms with van der Waals surface area (Å²) in [5.74, 6) is -0.807. The van der Waals surface area contributed by atoms with Crippen molar-refractivity contribution in [2.45, 2.75) is 21.1 Å². The minimum Gasteiger partial charge on any atom is -0.339 e. The van der Waals surface area contributed by atoms with Gasteiger partial charge in [-0.3, -0.25) is 0 Å². The fourth-order valence-electron chi connectivity index (χ4n) is 3.02. The van der Waals surface area contributed by atoms with E-state index in [0.717, 1.165) is 0 Å². The molecule has 2 aromatic carbocycles. The number of benzene rings is 2. The molecule has 0 aliphatic heterocycles. The van der Waals surface area contributed by atoms with E-state index in [-0.39, 0.29) is 22.5 Å². The number of aromatic nitrogens is 2. The molecule has 1 fully saturated rings. The van der Waals surface area contributed by atoms with Gasteiger partial charge in [0.15, 0.2) is 0 Å². The van der Waals surface area contributed by atoms with E-state index in [4.69, 9.17) is 32.9 Å². The maximum absolute atomic E-state index is 13.4. The second kappa shape index (κ2) is 6.27. The normalized spacial score (nSPS) is 21.2. The smallest absolute Gasteiger partial charge is 0.238 e. The Labute approximate surface area is 164 Å². The third-order valence-electron chi connectivity index (χ3n) is 4.41. The second-order valence-corrected chi connectivity index (χ2v) is 9.22. The number of nitrogens with two attached hydrogens (primary N) is 1. The maximum Gasteiger partial charge on any atom is 0.238 e. The SMILES string of the molecule is NS(=O)(=O)c1ccc([C@@H]2[C@@H](c3nc(-c4cccc(F)c4)no3)C2(Cl)Cl)cc1. The Bertz CT molecular complexity index is 1120. The molecule has 0 bridgehead atoms. The van der Waals surface area contributed by atoms with Crippen molar-refractivity contribution >= 4 is 33.2 Å². The first-order valence-electron chi connectivity index (χ1n) is 7.78.